The van der Waals surface area contributed by atoms with Gasteiger partial charge in [0.25, 0.3) is 0 Å². The average Bonchev–Trinajstić information content (AvgIpc) is 2.61. The van der Waals surface area contributed by atoms with Crippen LogP contribution in [0.2, 0.25) is 0 Å². The predicted molar refractivity (Wildman–Crippen MR) is 48.5 cm³/mol. The lowest BCUT2D eigenvalue weighted by molar-refractivity contribution is 0.0491. The van der Waals surface area contributed by atoms with Crippen LogP contribution >= 0.6 is 0 Å². The number of carbonyl (C=O) groups excluding carboxylic acids is 1. The molecule has 0 saturated heterocycles. The molecule has 0 aliphatic rings. The van der Waals surface area contributed by atoms with E-state index < -0.39 is 0 Å². The van der Waals surface area contributed by atoms with Gasteiger partial charge in [-0.1, -0.05) is 6.92 Å². The summed E-state index contributed by atoms with van der Waals surface area (Å²) < 4.78 is 6.60. The summed E-state index contributed by atoms with van der Waals surface area (Å²) in [5.74, 6) is -0.291. The van der Waals surface area contributed by atoms with Crippen molar-refractivity contribution in [2.75, 3.05) is 6.61 Å². The van der Waals surface area contributed by atoms with Crippen molar-refractivity contribution in [2.24, 2.45) is 0 Å². The molecule has 0 unspecified atom stereocenters. The van der Waals surface area contributed by atoms with E-state index in [9.17, 15) is 4.79 Å². The zero-order valence-electron chi connectivity index (χ0n) is 7.99. The molecule has 0 N–H and O–H groups in total. The number of aromatic nitrogens is 2. The average molecular weight is 182 g/mol. The topological polar surface area (TPSA) is 44.1 Å². The van der Waals surface area contributed by atoms with Crippen LogP contribution in [0.15, 0.2) is 12.3 Å². The molecule has 4 heteroatoms. The Bertz CT molecular complexity index is 281. The number of hydrogen-bond donors (Lipinski definition) is 0. The van der Waals surface area contributed by atoms with E-state index in [4.69, 9.17) is 4.74 Å². The largest absolute Gasteiger partial charge is 0.461 e. The number of nitrogens with zero attached hydrogens (tertiary/aromatic N) is 2. The van der Waals surface area contributed by atoms with Crippen LogP contribution in [0.5, 0.6) is 0 Å². The summed E-state index contributed by atoms with van der Waals surface area (Å²) in [5, 5.41) is 3.98. The zero-order valence-corrected chi connectivity index (χ0v) is 7.99. The van der Waals surface area contributed by atoms with E-state index >= 15 is 0 Å². The summed E-state index contributed by atoms with van der Waals surface area (Å²) in [5.41, 5.74) is 0.524. The van der Waals surface area contributed by atoms with E-state index in [-0.39, 0.29) is 5.97 Å². The van der Waals surface area contributed by atoms with Crippen molar-refractivity contribution < 1.29 is 9.53 Å². The summed E-state index contributed by atoms with van der Waals surface area (Å²) in [7, 11) is 0. The van der Waals surface area contributed by atoms with E-state index in [0.717, 1.165) is 6.42 Å². The minimum absolute atomic E-state index is 0.291. The minimum Gasteiger partial charge on any atom is -0.461 e. The fourth-order valence-corrected chi connectivity index (χ4v) is 1.03. The number of rotatable bonds is 4. The van der Waals surface area contributed by atoms with Gasteiger partial charge in [-0.2, -0.15) is 5.10 Å². The van der Waals surface area contributed by atoms with Crippen molar-refractivity contribution in [3.63, 3.8) is 0 Å². The molecule has 0 spiro atoms. The van der Waals surface area contributed by atoms with Crippen LogP contribution in [-0.4, -0.2) is 22.4 Å². The molecule has 0 atom stereocenters. The van der Waals surface area contributed by atoms with Gasteiger partial charge in [0.2, 0.25) is 0 Å². The van der Waals surface area contributed by atoms with E-state index in [0.29, 0.717) is 18.8 Å². The first-order valence-electron chi connectivity index (χ1n) is 4.48. The Morgan fingerprint density at radius 2 is 2.38 bits per heavy atom. The molecule has 1 aromatic rings. The maximum Gasteiger partial charge on any atom is 0.356 e. The van der Waals surface area contributed by atoms with Crippen molar-refractivity contribution >= 4 is 5.97 Å². The highest BCUT2D eigenvalue weighted by molar-refractivity contribution is 5.87. The van der Waals surface area contributed by atoms with Gasteiger partial charge in [-0.05, 0) is 19.4 Å². The van der Waals surface area contributed by atoms with Gasteiger partial charge in [0.15, 0.2) is 0 Å². The second kappa shape index (κ2) is 4.64. The first-order chi connectivity index (χ1) is 6.29. The Morgan fingerprint density at radius 3 is 3.00 bits per heavy atom. The number of esters is 1. The molecule has 0 saturated carbocycles. The Labute approximate surface area is 77.5 Å². The molecule has 0 aliphatic heterocycles. The van der Waals surface area contributed by atoms with Crippen molar-refractivity contribution in [2.45, 2.75) is 26.8 Å². The Hall–Kier alpha value is -1.32. The maximum absolute atomic E-state index is 11.4. The molecule has 0 aromatic carbocycles. The van der Waals surface area contributed by atoms with Gasteiger partial charge in [-0.25, -0.2) is 4.79 Å². The summed E-state index contributed by atoms with van der Waals surface area (Å²) in [6.45, 7) is 5.05. The first kappa shape index (κ1) is 9.77. The molecule has 1 aromatic heterocycles. The third-order valence-corrected chi connectivity index (χ3v) is 1.66. The molecule has 0 bridgehead atoms. The molecule has 0 radical (unpaired) electrons. The maximum atomic E-state index is 11.4. The van der Waals surface area contributed by atoms with E-state index in [2.05, 4.69) is 5.10 Å². The fraction of sp³-hybridized carbons (Fsp3) is 0.556. The lowest BCUT2D eigenvalue weighted by Crippen LogP contribution is -2.12. The van der Waals surface area contributed by atoms with Crippen LogP contribution in [0, 0.1) is 0 Å². The van der Waals surface area contributed by atoms with Crippen molar-refractivity contribution in [1.82, 2.24) is 9.78 Å². The molecule has 1 rings (SSSR count). The van der Waals surface area contributed by atoms with Crippen molar-refractivity contribution in [3.8, 4) is 0 Å². The molecule has 0 amide bonds. The Kier molecular flexibility index (Phi) is 3.49. The predicted octanol–water partition coefficient (Wildman–Crippen LogP) is 1.47. The molecule has 0 aliphatic carbocycles. The smallest absolute Gasteiger partial charge is 0.356 e. The fourth-order valence-electron chi connectivity index (χ4n) is 1.03. The van der Waals surface area contributed by atoms with Gasteiger partial charge in [0, 0.05) is 12.7 Å². The second-order valence-corrected chi connectivity index (χ2v) is 2.67. The van der Waals surface area contributed by atoms with Crippen LogP contribution in [0.25, 0.3) is 0 Å². The van der Waals surface area contributed by atoms with Gasteiger partial charge in [0.1, 0.15) is 5.69 Å². The summed E-state index contributed by atoms with van der Waals surface area (Å²) in [6.07, 6.45) is 2.44. The first-order valence-corrected chi connectivity index (χ1v) is 4.48. The Balaban J connectivity index is 2.65. The molecule has 72 valence electrons. The third-order valence-electron chi connectivity index (χ3n) is 1.66. The number of aryl methyl sites for hydroxylation is 1. The number of ether oxygens (including phenoxy) is 1. The van der Waals surface area contributed by atoms with E-state index in [1.807, 2.05) is 13.8 Å². The third kappa shape index (κ3) is 2.31. The van der Waals surface area contributed by atoms with Gasteiger partial charge in [0.05, 0.1) is 6.61 Å². The molecular weight excluding hydrogens is 168 g/mol. The van der Waals surface area contributed by atoms with Crippen LogP contribution in [0.3, 0.4) is 0 Å². The number of hydrogen-bond acceptors (Lipinski definition) is 3. The molecule has 0 fully saturated rings. The van der Waals surface area contributed by atoms with Gasteiger partial charge >= 0.3 is 5.97 Å². The normalized spacial score (nSPS) is 10.0. The van der Waals surface area contributed by atoms with E-state index in [1.54, 1.807) is 16.9 Å². The monoisotopic (exact) mass is 182 g/mol. The summed E-state index contributed by atoms with van der Waals surface area (Å²) >= 11 is 0. The van der Waals surface area contributed by atoms with Gasteiger partial charge < -0.3 is 4.74 Å². The molecular formula is C9H14N2O2. The van der Waals surface area contributed by atoms with Crippen LogP contribution in [-0.2, 0) is 11.3 Å². The van der Waals surface area contributed by atoms with E-state index in [1.165, 1.54) is 0 Å². The SMILES string of the molecule is CCCOC(=O)c1ccnn1CC. The highest BCUT2D eigenvalue weighted by atomic mass is 16.5. The molecule has 4 nitrogen and oxygen atoms in total. The minimum atomic E-state index is -0.291. The van der Waals surface area contributed by atoms with Crippen LogP contribution < -0.4 is 0 Å². The highest BCUT2D eigenvalue weighted by Crippen LogP contribution is 2.01. The lowest BCUT2D eigenvalue weighted by Gasteiger charge is -2.04. The van der Waals surface area contributed by atoms with Crippen LogP contribution in [0.4, 0.5) is 0 Å². The molecule has 13 heavy (non-hydrogen) atoms. The summed E-state index contributed by atoms with van der Waals surface area (Å²) in [6, 6.07) is 1.67. The highest BCUT2D eigenvalue weighted by Gasteiger charge is 2.11. The summed E-state index contributed by atoms with van der Waals surface area (Å²) in [4.78, 5) is 11.4. The zero-order chi connectivity index (χ0) is 9.68. The lowest BCUT2D eigenvalue weighted by atomic mass is 10.4. The van der Waals surface area contributed by atoms with Crippen molar-refractivity contribution in [1.29, 1.82) is 0 Å². The van der Waals surface area contributed by atoms with Gasteiger partial charge in [-0.3, -0.25) is 4.68 Å². The second-order valence-electron chi connectivity index (χ2n) is 2.67. The van der Waals surface area contributed by atoms with Crippen molar-refractivity contribution in [3.05, 3.63) is 18.0 Å². The Morgan fingerprint density at radius 1 is 1.62 bits per heavy atom. The van der Waals surface area contributed by atoms with Gasteiger partial charge in [-0.15, -0.1) is 0 Å². The standard InChI is InChI=1S/C9H14N2O2/c1-3-7-13-9(12)8-5-6-10-11(8)4-2/h5-6H,3-4,7H2,1-2H3. The van der Waals surface area contributed by atoms with Crippen LogP contribution in [0.1, 0.15) is 30.8 Å². The number of carbonyl (C=O) groups is 1. The molecule has 1 heterocycles. The quantitative estimate of drug-likeness (QED) is 0.662.